The maximum absolute atomic E-state index is 12.8. The first-order valence-electron chi connectivity index (χ1n) is 13.0. The van der Waals surface area contributed by atoms with Crippen molar-refractivity contribution in [2.75, 3.05) is 32.5 Å². The fourth-order valence-electron chi connectivity index (χ4n) is 5.59. The number of hydrogen-bond acceptors (Lipinski definition) is 2. The van der Waals surface area contributed by atoms with Gasteiger partial charge in [-0.05, 0) is 85.3 Å². The predicted octanol–water partition coefficient (Wildman–Crippen LogP) is 6.77. The molecule has 2 aromatic rings. The maximum atomic E-state index is 12.8. The molecule has 0 aromatic heterocycles. The summed E-state index contributed by atoms with van der Waals surface area (Å²) in [6.07, 6.45) is 5.75. The van der Waals surface area contributed by atoms with Crippen molar-refractivity contribution in [1.29, 1.82) is 0 Å². The molecular weight excluding hydrogens is 418 g/mol. The molecule has 2 aromatic carbocycles. The molecule has 1 saturated carbocycles. The van der Waals surface area contributed by atoms with Crippen LogP contribution in [0.3, 0.4) is 0 Å². The van der Waals surface area contributed by atoms with Gasteiger partial charge >= 0.3 is 6.03 Å². The van der Waals surface area contributed by atoms with Crippen LogP contribution in [0.25, 0.3) is 0 Å². The van der Waals surface area contributed by atoms with Crippen LogP contribution in [-0.2, 0) is 10.8 Å². The number of fused-ring (bicyclic) bond motifs is 1. The van der Waals surface area contributed by atoms with E-state index in [1.54, 1.807) is 0 Å². The molecule has 2 atom stereocenters. The van der Waals surface area contributed by atoms with Gasteiger partial charge in [0.2, 0.25) is 0 Å². The molecule has 0 heterocycles. The summed E-state index contributed by atoms with van der Waals surface area (Å²) >= 11 is 0. The van der Waals surface area contributed by atoms with Crippen molar-refractivity contribution in [2.24, 2.45) is 0 Å². The second kappa shape index (κ2) is 9.73. The minimum absolute atomic E-state index is 0.0208. The second-order valence-corrected chi connectivity index (χ2v) is 11.9. The number of amides is 2. The van der Waals surface area contributed by atoms with E-state index >= 15 is 0 Å². The van der Waals surface area contributed by atoms with Crippen LogP contribution in [0, 0.1) is 0 Å². The smallest absolute Gasteiger partial charge is 0.321 e. The lowest BCUT2D eigenvalue weighted by Crippen LogP contribution is -2.35. The van der Waals surface area contributed by atoms with Gasteiger partial charge in [-0.2, -0.15) is 0 Å². The second-order valence-electron chi connectivity index (χ2n) is 11.9. The first kappa shape index (κ1) is 24.8. The Kier molecular flexibility index (Phi) is 7.09. The third kappa shape index (κ3) is 5.49. The minimum atomic E-state index is -0.0208. The highest BCUT2D eigenvalue weighted by Gasteiger charge is 2.40. The third-order valence-electron chi connectivity index (χ3n) is 8.26. The fraction of sp³-hybridized carbons (Fsp3) is 0.567. The average molecular weight is 462 g/mol. The predicted molar refractivity (Wildman–Crippen MR) is 143 cm³/mol. The van der Waals surface area contributed by atoms with E-state index in [2.05, 4.69) is 93.5 Å². The summed E-state index contributed by atoms with van der Waals surface area (Å²) in [5, 5.41) is 3.14. The van der Waals surface area contributed by atoms with E-state index in [1.165, 1.54) is 36.0 Å². The van der Waals surface area contributed by atoms with E-state index < -0.39 is 0 Å². The summed E-state index contributed by atoms with van der Waals surface area (Å²) in [6, 6.07) is 18.0. The van der Waals surface area contributed by atoms with Crippen molar-refractivity contribution >= 4 is 11.7 Å². The fourth-order valence-corrected chi connectivity index (χ4v) is 5.59. The van der Waals surface area contributed by atoms with E-state index in [0.29, 0.717) is 12.0 Å². The number of likely N-dealkylation sites (N-methyl/N-ethyl adjacent to an activating group) is 1. The van der Waals surface area contributed by atoms with Crippen LogP contribution in [0.2, 0.25) is 0 Å². The molecule has 0 aliphatic heterocycles. The molecule has 0 saturated heterocycles. The number of rotatable bonds is 8. The first-order chi connectivity index (χ1) is 16.1. The van der Waals surface area contributed by atoms with Crippen molar-refractivity contribution in [3.05, 3.63) is 65.2 Å². The molecule has 0 spiro atoms. The molecule has 4 rings (SSSR count). The summed E-state index contributed by atoms with van der Waals surface area (Å²) in [6.45, 7) is 11.2. The van der Waals surface area contributed by atoms with Gasteiger partial charge in [0.15, 0.2) is 0 Å². The van der Waals surface area contributed by atoms with Crippen LogP contribution in [-0.4, -0.2) is 49.1 Å². The number of unbranched alkanes of at least 4 members (excludes halogenated alkanes) is 1. The Labute approximate surface area is 206 Å². The largest absolute Gasteiger partial charge is 0.328 e. The number of carbonyl (C=O) groups is 1. The zero-order valence-electron chi connectivity index (χ0n) is 22.0. The molecular formula is C30H43N3O. The number of nitrogens with one attached hydrogen (secondary N) is 1. The Morgan fingerprint density at radius 3 is 2.26 bits per heavy atom. The Balaban J connectivity index is 1.23. The Hall–Kier alpha value is -2.33. The van der Waals surface area contributed by atoms with Gasteiger partial charge in [-0.15, -0.1) is 0 Å². The molecule has 34 heavy (non-hydrogen) atoms. The monoisotopic (exact) mass is 461 g/mol. The lowest BCUT2D eigenvalue weighted by atomic mass is 9.63. The first-order valence-corrected chi connectivity index (χ1v) is 13.0. The van der Waals surface area contributed by atoms with Crippen LogP contribution in [0.5, 0.6) is 0 Å². The highest BCUT2D eigenvalue weighted by molar-refractivity contribution is 5.89. The van der Waals surface area contributed by atoms with Crippen LogP contribution in [0.4, 0.5) is 10.5 Å². The summed E-state index contributed by atoms with van der Waals surface area (Å²) < 4.78 is 0. The van der Waals surface area contributed by atoms with Crippen molar-refractivity contribution < 1.29 is 4.79 Å². The highest BCUT2D eigenvalue weighted by Crippen LogP contribution is 2.46. The molecule has 1 fully saturated rings. The average Bonchev–Trinajstić information content (AvgIpc) is 3.61. The van der Waals surface area contributed by atoms with Gasteiger partial charge in [0, 0.05) is 31.2 Å². The van der Waals surface area contributed by atoms with Gasteiger partial charge in [0.1, 0.15) is 0 Å². The molecule has 2 unspecified atom stereocenters. The summed E-state index contributed by atoms with van der Waals surface area (Å²) in [5.41, 5.74) is 5.50. The normalized spacial score (nSPS) is 22.2. The molecule has 2 aliphatic carbocycles. The topological polar surface area (TPSA) is 35.6 Å². The van der Waals surface area contributed by atoms with Gasteiger partial charge < -0.3 is 15.1 Å². The van der Waals surface area contributed by atoms with E-state index in [0.717, 1.165) is 31.6 Å². The quantitative estimate of drug-likeness (QED) is 0.440. The van der Waals surface area contributed by atoms with E-state index in [1.807, 2.05) is 11.9 Å². The highest BCUT2D eigenvalue weighted by atomic mass is 16.2. The van der Waals surface area contributed by atoms with Crippen molar-refractivity contribution in [3.63, 3.8) is 0 Å². The van der Waals surface area contributed by atoms with Crippen LogP contribution >= 0.6 is 0 Å². The van der Waals surface area contributed by atoms with Gasteiger partial charge in [-0.1, -0.05) is 64.1 Å². The van der Waals surface area contributed by atoms with Crippen LogP contribution in [0.15, 0.2) is 48.5 Å². The number of nitrogens with zero attached hydrogens (tertiary/aromatic N) is 2. The zero-order valence-corrected chi connectivity index (χ0v) is 22.0. The van der Waals surface area contributed by atoms with Crippen molar-refractivity contribution in [1.82, 2.24) is 9.80 Å². The van der Waals surface area contributed by atoms with Crippen LogP contribution < -0.4 is 5.32 Å². The number of benzene rings is 2. The molecule has 184 valence electrons. The number of urea groups is 1. The number of anilines is 1. The van der Waals surface area contributed by atoms with Crippen molar-refractivity contribution in [3.8, 4) is 0 Å². The lowest BCUT2D eigenvalue weighted by Gasteiger charge is -2.42. The zero-order chi connectivity index (χ0) is 24.5. The molecule has 4 nitrogen and oxygen atoms in total. The molecule has 4 heteroatoms. The number of carbonyl (C=O) groups excluding carboxylic acids is 1. The summed E-state index contributed by atoms with van der Waals surface area (Å²) in [4.78, 5) is 17.1. The standard InChI is InChI=1S/C30H43N3O/c1-29(2)16-17-30(3,4)26-20-23(14-15-25(26)29)31-28(34)33(6)19-11-10-18-32(5)27-21-24(27)22-12-8-7-9-13-22/h7-9,12-15,20,24,27H,10-11,16-19,21H2,1-6H3,(H,31,34). The maximum Gasteiger partial charge on any atom is 0.321 e. The molecule has 1 N–H and O–H groups in total. The van der Waals surface area contributed by atoms with Crippen molar-refractivity contribution in [2.45, 2.75) is 82.6 Å². The number of hydrogen-bond donors (Lipinski definition) is 1. The van der Waals surface area contributed by atoms with Crippen LogP contribution in [0.1, 0.15) is 82.4 Å². The van der Waals surface area contributed by atoms with Gasteiger partial charge in [0.05, 0.1) is 0 Å². The Morgan fingerprint density at radius 1 is 0.912 bits per heavy atom. The lowest BCUT2D eigenvalue weighted by molar-refractivity contribution is 0.220. The van der Waals surface area contributed by atoms with E-state index in [9.17, 15) is 4.79 Å². The molecule has 0 bridgehead atoms. The van der Waals surface area contributed by atoms with Gasteiger partial charge in [0.25, 0.3) is 0 Å². The third-order valence-corrected chi connectivity index (χ3v) is 8.26. The Morgan fingerprint density at radius 2 is 1.56 bits per heavy atom. The van der Waals surface area contributed by atoms with E-state index in [-0.39, 0.29) is 16.9 Å². The SMILES string of the molecule is CN(CCCCN(C)C1CC1c1ccccc1)C(=O)Nc1ccc2c(c1)C(C)(C)CCC2(C)C. The van der Waals surface area contributed by atoms with E-state index in [4.69, 9.17) is 0 Å². The summed E-state index contributed by atoms with van der Waals surface area (Å²) in [5.74, 6) is 0.687. The summed E-state index contributed by atoms with van der Waals surface area (Å²) in [7, 11) is 4.14. The molecule has 2 amide bonds. The Bertz CT molecular complexity index is 997. The van der Waals surface area contributed by atoms with Gasteiger partial charge in [-0.25, -0.2) is 4.79 Å². The molecule has 2 aliphatic rings. The van der Waals surface area contributed by atoms with Gasteiger partial charge in [-0.3, -0.25) is 0 Å². The minimum Gasteiger partial charge on any atom is -0.328 e. The molecule has 0 radical (unpaired) electrons.